The van der Waals surface area contributed by atoms with E-state index < -0.39 is 8.24 Å². The molecule has 0 bridgehead atoms. The zero-order valence-corrected chi connectivity index (χ0v) is 17.1. The monoisotopic (exact) mass is 342 g/mol. The number of nitrogens with zero attached hydrogens (tertiary/aromatic N) is 2. The molecule has 0 saturated carbocycles. The standard InChI is InChI=1S/C18H38N2O2Si/c1-6-8-9-10-14-23(4,5)20-13-11-12-19(16-20)15-17(3)18(21)22-7-2/h17H,6-16H2,1-5H3. The number of hydrogen-bond donors (Lipinski definition) is 0. The predicted octanol–water partition coefficient (Wildman–Crippen LogP) is 3.94. The molecular weight excluding hydrogens is 304 g/mol. The van der Waals surface area contributed by atoms with Gasteiger partial charge >= 0.3 is 5.97 Å². The van der Waals surface area contributed by atoms with Crippen LogP contribution in [0.5, 0.6) is 0 Å². The normalized spacial score (nSPS) is 18.8. The summed E-state index contributed by atoms with van der Waals surface area (Å²) in [6, 6.07) is 1.40. The largest absolute Gasteiger partial charge is 0.466 e. The van der Waals surface area contributed by atoms with Crippen molar-refractivity contribution in [2.45, 2.75) is 72.0 Å². The third-order valence-electron chi connectivity index (χ3n) is 4.99. The number of hydrogen-bond acceptors (Lipinski definition) is 4. The molecular formula is C18H38N2O2Si. The minimum absolute atomic E-state index is 0.0239. The van der Waals surface area contributed by atoms with Crippen LogP contribution in [0.3, 0.4) is 0 Å². The molecule has 0 N–H and O–H groups in total. The van der Waals surface area contributed by atoms with Crippen LogP contribution in [0, 0.1) is 5.92 Å². The smallest absolute Gasteiger partial charge is 0.309 e. The van der Waals surface area contributed by atoms with Gasteiger partial charge in [-0.25, -0.2) is 0 Å². The Hall–Kier alpha value is -0.393. The average molecular weight is 343 g/mol. The maximum absolute atomic E-state index is 11.8. The van der Waals surface area contributed by atoms with Crippen molar-refractivity contribution >= 4 is 14.2 Å². The molecule has 1 atom stereocenters. The van der Waals surface area contributed by atoms with Gasteiger partial charge in [0, 0.05) is 19.8 Å². The van der Waals surface area contributed by atoms with Crippen LogP contribution in [0.15, 0.2) is 0 Å². The van der Waals surface area contributed by atoms with Crippen LogP contribution in [0.2, 0.25) is 19.1 Å². The second kappa shape index (κ2) is 10.5. The summed E-state index contributed by atoms with van der Waals surface area (Å²) in [5, 5.41) is 0. The molecule has 1 aliphatic heterocycles. The molecule has 136 valence electrons. The van der Waals surface area contributed by atoms with Crippen LogP contribution in [0.25, 0.3) is 0 Å². The number of unbranched alkanes of at least 4 members (excludes halogenated alkanes) is 3. The SMILES string of the molecule is CCCCCC[Si](C)(C)N1CCCN(CC(C)C(=O)OCC)C1. The van der Waals surface area contributed by atoms with Crippen LogP contribution < -0.4 is 0 Å². The Morgan fingerprint density at radius 1 is 1.17 bits per heavy atom. The van der Waals surface area contributed by atoms with E-state index in [-0.39, 0.29) is 11.9 Å². The van der Waals surface area contributed by atoms with E-state index in [0.29, 0.717) is 6.61 Å². The molecule has 0 spiro atoms. The van der Waals surface area contributed by atoms with E-state index in [1.54, 1.807) is 0 Å². The van der Waals surface area contributed by atoms with Crippen molar-refractivity contribution in [3.63, 3.8) is 0 Å². The summed E-state index contributed by atoms with van der Waals surface area (Å²) >= 11 is 0. The summed E-state index contributed by atoms with van der Waals surface area (Å²) in [6.07, 6.45) is 6.66. The first-order chi connectivity index (χ1) is 10.9. The van der Waals surface area contributed by atoms with Gasteiger partial charge in [-0.05, 0) is 25.9 Å². The lowest BCUT2D eigenvalue weighted by atomic mass is 10.1. The number of rotatable bonds is 10. The fourth-order valence-corrected chi connectivity index (χ4v) is 6.18. The highest BCUT2D eigenvalue weighted by Gasteiger charge is 2.32. The van der Waals surface area contributed by atoms with Crippen molar-refractivity contribution in [1.29, 1.82) is 0 Å². The van der Waals surface area contributed by atoms with E-state index in [1.807, 2.05) is 13.8 Å². The lowest BCUT2D eigenvalue weighted by Crippen LogP contribution is -2.57. The fourth-order valence-electron chi connectivity index (χ4n) is 3.40. The molecule has 1 unspecified atom stereocenters. The first-order valence-corrected chi connectivity index (χ1v) is 12.7. The van der Waals surface area contributed by atoms with Crippen molar-refractivity contribution in [1.82, 2.24) is 9.47 Å². The highest BCUT2D eigenvalue weighted by molar-refractivity contribution is 6.74. The van der Waals surface area contributed by atoms with Gasteiger partial charge in [0.1, 0.15) is 8.24 Å². The second-order valence-electron chi connectivity index (χ2n) is 7.61. The van der Waals surface area contributed by atoms with E-state index in [0.717, 1.165) is 19.8 Å². The Kier molecular flexibility index (Phi) is 9.40. The molecule has 0 aromatic heterocycles. The van der Waals surface area contributed by atoms with Crippen LogP contribution >= 0.6 is 0 Å². The second-order valence-corrected chi connectivity index (χ2v) is 12.4. The third kappa shape index (κ3) is 7.35. The van der Waals surface area contributed by atoms with E-state index in [4.69, 9.17) is 4.74 Å². The summed E-state index contributed by atoms with van der Waals surface area (Å²) in [5.74, 6) is -0.0788. The van der Waals surface area contributed by atoms with Gasteiger partial charge < -0.3 is 9.30 Å². The van der Waals surface area contributed by atoms with Crippen LogP contribution in [0.1, 0.15) is 52.9 Å². The maximum atomic E-state index is 11.8. The quantitative estimate of drug-likeness (QED) is 0.342. The number of carbonyl (C=O) groups excluding carboxylic acids is 1. The Labute approximate surface area is 144 Å². The minimum atomic E-state index is -1.31. The third-order valence-corrected chi connectivity index (χ3v) is 8.65. The Morgan fingerprint density at radius 3 is 2.57 bits per heavy atom. The molecule has 0 radical (unpaired) electrons. The molecule has 1 fully saturated rings. The number of esters is 1. The molecule has 4 nitrogen and oxygen atoms in total. The van der Waals surface area contributed by atoms with Gasteiger partial charge in [0.05, 0.1) is 12.5 Å². The van der Waals surface area contributed by atoms with Crippen molar-refractivity contribution in [3.05, 3.63) is 0 Å². The first-order valence-electron chi connectivity index (χ1n) is 9.54. The predicted molar refractivity (Wildman–Crippen MR) is 100.0 cm³/mol. The fraction of sp³-hybridized carbons (Fsp3) is 0.944. The molecule has 1 saturated heterocycles. The summed E-state index contributed by atoms with van der Waals surface area (Å²) < 4.78 is 7.88. The number of carbonyl (C=O) groups is 1. The lowest BCUT2D eigenvalue weighted by Gasteiger charge is -2.44. The molecule has 0 aromatic carbocycles. The average Bonchev–Trinajstić information content (AvgIpc) is 2.52. The number of ether oxygens (including phenoxy) is 1. The van der Waals surface area contributed by atoms with Gasteiger partial charge in [-0.2, -0.15) is 0 Å². The highest BCUT2D eigenvalue weighted by atomic mass is 28.3. The molecule has 5 heteroatoms. The van der Waals surface area contributed by atoms with E-state index in [2.05, 4.69) is 29.5 Å². The molecule has 1 aliphatic rings. The summed E-state index contributed by atoms with van der Waals surface area (Å²) in [5.41, 5.74) is 0. The van der Waals surface area contributed by atoms with Gasteiger partial charge in [-0.1, -0.05) is 52.6 Å². The van der Waals surface area contributed by atoms with Crippen molar-refractivity contribution in [2.24, 2.45) is 5.92 Å². The molecule has 1 heterocycles. The van der Waals surface area contributed by atoms with Gasteiger partial charge in [0.25, 0.3) is 0 Å². The molecule has 0 amide bonds. The van der Waals surface area contributed by atoms with Crippen LogP contribution in [-0.4, -0.2) is 56.6 Å². The highest BCUT2D eigenvalue weighted by Crippen LogP contribution is 2.23. The van der Waals surface area contributed by atoms with Crippen molar-refractivity contribution in [3.8, 4) is 0 Å². The van der Waals surface area contributed by atoms with E-state index >= 15 is 0 Å². The Morgan fingerprint density at radius 2 is 1.91 bits per heavy atom. The molecule has 0 aromatic rings. The molecule has 23 heavy (non-hydrogen) atoms. The zero-order chi connectivity index (χ0) is 17.3. The molecule has 0 aliphatic carbocycles. The first kappa shape index (κ1) is 20.7. The van der Waals surface area contributed by atoms with Gasteiger partial charge in [-0.15, -0.1) is 0 Å². The van der Waals surface area contributed by atoms with Gasteiger partial charge in [0.2, 0.25) is 0 Å². The topological polar surface area (TPSA) is 32.8 Å². The zero-order valence-electron chi connectivity index (χ0n) is 16.1. The maximum Gasteiger partial charge on any atom is 0.309 e. The van der Waals surface area contributed by atoms with E-state index in [9.17, 15) is 4.79 Å². The van der Waals surface area contributed by atoms with Crippen molar-refractivity contribution < 1.29 is 9.53 Å². The van der Waals surface area contributed by atoms with Crippen LogP contribution in [0.4, 0.5) is 0 Å². The summed E-state index contributed by atoms with van der Waals surface area (Å²) in [7, 11) is -1.31. The minimum Gasteiger partial charge on any atom is -0.466 e. The molecule has 1 rings (SSSR count). The van der Waals surface area contributed by atoms with Gasteiger partial charge in [0.15, 0.2) is 0 Å². The lowest BCUT2D eigenvalue weighted by molar-refractivity contribution is -0.148. The Balaban J connectivity index is 2.44. The van der Waals surface area contributed by atoms with Crippen molar-refractivity contribution in [2.75, 3.05) is 32.9 Å². The van der Waals surface area contributed by atoms with Crippen LogP contribution in [-0.2, 0) is 9.53 Å². The summed E-state index contributed by atoms with van der Waals surface area (Å²) in [6.45, 7) is 15.9. The van der Waals surface area contributed by atoms with Gasteiger partial charge in [-0.3, -0.25) is 9.69 Å². The summed E-state index contributed by atoms with van der Waals surface area (Å²) in [4.78, 5) is 14.3. The van der Waals surface area contributed by atoms with E-state index in [1.165, 1.54) is 44.7 Å². The Bertz CT molecular complexity index is 350.